The zero-order valence-corrected chi connectivity index (χ0v) is 6.69. The van der Waals surface area contributed by atoms with Crippen LogP contribution in [-0.4, -0.2) is 11.0 Å². The second-order valence-electron chi connectivity index (χ2n) is 1.74. The molecule has 0 saturated heterocycles. The average Bonchev–Trinajstić information content (AvgIpc) is 1.94. The number of hydrogen-bond donors (Lipinski definition) is 0. The highest BCUT2D eigenvalue weighted by Crippen LogP contribution is 2.22. The molecule has 1 heterocycles. The molecule has 1 aromatic heterocycles. The van der Waals surface area contributed by atoms with Crippen molar-refractivity contribution in [1.29, 1.82) is 0 Å². The van der Waals surface area contributed by atoms with Gasteiger partial charge in [-0.2, -0.15) is 0 Å². The minimum absolute atomic E-state index is 0.0887. The summed E-state index contributed by atoms with van der Waals surface area (Å²) in [4.78, 5) is 13.7. The lowest BCUT2D eigenvalue weighted by molar-refractivity contribution is -0.255. The molecule has 1 rings (SSSR count). The number of nitrogens with zero attached hydrogens (tertiary/aromatic N) is 1. The van der Waals surface area contributed by atoms with E-state index in [2.05, 4.69) is 4.98 Å². The molecular formula is C6H2Cl2NO2-. The third-order valence-corrected chi connectivity index (χ3v) is 1.83. The number of carboxylic acid groups (broad SMARTS) is 1. The lowest BCUT2D eigenvalue weighted by Gasteiger charge is -2.03. The van der Waals surface area contributed by atoms with Crippen molar-refractivity contribution in [2.24, 2.45) is 0 Å². The lowest BCUT2D eigenvalue weighted by Crippen LogP contribution is -2.23. The van der Waals surface area contributed by atoms with Crippen LogP contribution >= 0.6 is 23.2 Å². The highest BCUT2D eigenvalue weighted by atomic mass is 35.5. The quantitative estimate of drug-likeness (QED) is 0.658. The molecule has 0 aliphatic carbocycles. The van der Waals surface area contributed by atoms with Gasteiger partial charge in [-0.3, -0.25) is 4.98 Å². The molecule has 0 spiro atoms. The fraction of sp³-hybridized carbons (Fsp3) is 0. The molecular weight excluding hydrogens is 189 g/mol. The summed E-state index contributed by atoms with van der Waals surface area (Å²) in [6.45, 7) is 0. The zero-order valence-electron chi connectivity index (χ0n) is 5.17. The van der Waals surface area contributed by atoms with Crippen molar-refractivity contribution < 1.29 is 9.90 Å². The summed E-state index contributed by atoms with van der Waals surface area (Å²) in [7, 11) is 0. The van der Waals surface area contributed by atoms with Crippen LogP contribution in [0.1, 0.15) is 10.5 Å². The van der Waals surface area contributed by atoms with Crippen molar-refractivity contribution >= 4 is 29.2 Å². The van der Waals surface area contributed by atoms with E-state index in [1.54, 1.807) is 0 Å². The maximum absolute atomic E-state index is 10.3. The Morgan fingerprint density at radius 1 is 1.55 bits per heavy atom. The molecule has 11 heavy (non-hydrogen) atoms. The summed E-state index contributed by atoms with van der Waals surface area (Å²) in [5.74, 6) is -1.43. The van der Waals surface area contributed by atoms with Gasteiger partial charge in [0.05, 0.1) is 16.0 Å². The van der Waals surface area contributed by atoms with Gasteiger partial charge in [-0.1, -0.05) is 23.2 Å². The van der Waals surface area contributed by atoms with E-state index < -0.39 is 5.97 Å². The molecule has 0 aliphatic heterocycles. The van der Waals surface area contributed by atoms with Gasteiger partial charge in [-0.15, -0.1) is 0 Å². The summed E-state index contributed by atoms with van der Waals surface area (Å²) in [5.41, 5.74) is -0.334. The van der Waals surface area contributed by atoms with E-state index in [4.69, 9.17) is 23.2 Å². The molecule has 0 aromatic carbocycles. The van der Waals surface area contributed by atoms with Gasteiger partial charge in [-0.25, -0.2) is 0 Å². The smallest absolute Gasteiger partial charge is 0.106 e. The summed E-state index contributed by atoms with van der Waals surface area (Å²) in [6.07, 6.45) is 1.25. The van der Waals surface area contributed by atoms with Crippen molar-refractivity contribution in [2.45, 2.75) is 0 Å². The molecule has 0 amide bonds. The second-order valence-corrected chi connectivity index (χ2v) is 2.53. The Morgan fingerprint density at radius 2 is 2.18 bits per heavy atom. The summed E-state index contributed by atoms with van der Waals surface area (Å²) in [6, 6.07) is 1.40. The minimum Gasteiger partial charge on any atom is -0.543 e. The monoisotopic (exact) mass is 190 g/mol. The van der Waals surface area contributed by atoms with Crippen molar-refractivity contribution in [1.82, 2.24) is 4.98 Å². The number of rotatable bonds is 1. The van der Waals surface area contributed by atoms with Crippen LogP contribution in [-0.2, 0) is 0 Å². The SMILES string of the molecule is O=C([O-])c1nccc(Cl)c1Cl. The number of aromatic nitrogens is 1. The Balaban J connectivity index is 3.27. The molecule has 0 N–H and O–H groups in total. The average molecular weight is 191 g/mol. The number of halogens is 2. The van der Waals surface area contributed by atoms with Gasteiger partial charge in [0.25, 0.3) is 0 Å². The molecule has 0 unspecified atom stereocenters. The number of pyridine rings is 1. The molecule has 0 atom stereocenters. The predicted molar refractivity (Wildman–Crippen MR) is 38.6 cm³/mol. The minimum atomic E-state index is -1.43. The summed E-state index contributed by atoms with van der Waals surface area (Å²) < 4.78 is 0. The molecule has 0 saturated carbocycles. The van der Waals surface area contributed by atoms with Crippen LogP contribution in [0.2, 0.25) is 10.0 Å². The summed E-state index contributed by atoms with van der Waals surface area (Å²) >= 11 is 11.0. The first-order valence-corrected chi connectivity index (χ1v) is 3.40. The molecule has 5 heteroatoms. The van der Waals surface area contributed by atoms with Gasteiger partial charge >= 0.3 is 0 Å². The zero-order chi connectivity index (χ0) is 8.43. The third kappa shape index (κ3) is 1.61. The first-order chi connectivity index (χ1) is 5.13. The number of carbonyl (C=O) groups is 1. The lowest BCUT2D eigenvalue weighted by atomic mass is 10.3. The van der Waals surface area contributed by atoms with Crippen molar-refractivity contribution in [2.75, 3.05) is 0 Å². The number of aromatic carboxylic acids is 1. The van der Waals surface area contributed by atoms with Gasteiger partial charge in [0.1, 0.15) is 5.69 Å². The Kier molecular flexibility index (Phi) is 2.31. The Morgan fingerprint density at radius 3 is 2.64 bits per heavy atom. The number of carbonyl (C=O) groups excluding carboxylic acids is 1. The second kappa shape index (κ2) is 3.07. The number of carboxylic acids is 1. The molecule has 0 fully saturated rings. The van der Waals surface area contributed by atoms with Crippen LogP contribution in [0.4, 0.5) is 0 Å². The Bertz CT molecular complexity index is 301. The maximum atomic E-state index is 10.3. The van der Waals surface area contributed by atoms with Crippen LogP contribution in [0.15, 0.2) is 12.3 Å². The molecule has 0 aliphatic rings. The van der Waals surface area contributed by atoms with Gasteiger partial charge in [0, 0.05) is 6.20 Å². The fourth-order valence-corrected chi connectivity index (χ4v) is 0.897. The molecule has 0 bridgehead atoms. The standard InChI is InChI=1S/C6H3Cl2NO2/c7-3-1-2-9-5(4(3)8)6(10)11/h1-2H,(H,10,11)/p-1. The Hall–Kier alpha value is -0.800. The van der Waals surface area contributed by atoms with Gasteiger partial charge < -0.3 is 9.90 Å². The maximum Gasteiger partial charge on any atom is 0.106 e. The van der Waals surface area contributed by atoms with Gasteiger partial charge in [-0.05, 0) is 6.07 Å². The van der Waals surface area contributed by atoms with E-state index in [0.717, 1.165) is 0 Å². The van der Waals surface area contributed by atoms with Crippen LogP contribution in [0.25, 0.3) is 0 Å². The highest BCUT2D eigenvalue weighted by Gasteiger charge is 2.05. The molecule has 1 aromatic rings. The predicted octanol–water partition coefficient (Wildman–Crippen LogP) is 0.752. The van der Waals surface area contributed by atoms with Crippen LogP contribution < -0.4 is 5.11 Å². The first kappa shape index (κ1) is 8.30. The first-order valence-electron chi connectivity index (χ1n) is 2.64. The van der Waals surface area contributed by atoms with E-state index in [1.165, 1.54) is 12.3 Å². The largest absolute Gasteiger partial charge is 0.543 e. The molecule has 0 radical (unpaired) electrons. The topological polar surface area (TPSA) is 53.0 Å². The van der Waals surface area contributed by atoms with Crippen LogP contribution in [0, 0.1) is 0 Å². The van der Waals surface area contributed by atoms with Crippen molar-refractivity contribution in [3.63, 3.8) is 0 Å². The van der Waals surface area contributed by atoms with Crippen LogP contribution in [0.3, 0.4) is 0 Å². The third-order valence-electron chi connectivity index (χ3n) is 1.04. The van der Waals surface area contributed by atoms with Gasteiger partial charge in [0.15, 0.2) is 0 Å². The molecule has 58 valence electrons. The highest BCUT2D eigenvalue weighted by molar-refractivity contribution is 6.43. The van der Waals surface area contributed by atoms with Crippen molar-refractivity contribution in [3.8, 4) is 0 Å². The number of hydrogen-bond acceptors (Lipinski definition) is 3. The van der Waals surface area contributed by atoms with Gasteiger partial charge in [0.2, 0.25) is 0 Å². The van der Waals surface area contributed by atoms with E-state index >= 15 is 0 Å². The van der Waals surface area contributed by atoms with Crippen molar-refractivity contribution in [3.05, 3.63) is 28.0 Å². The molecule has 3 nitrogen and oxygen atoms in total. The van der Waals surface area contributed by atoms with E-state index in [0.29, 0.717) is 0 Å². The Labute approximate surface area is 72.6 Å². The van der Waals surface area contributed by atoms with E-state index in [-0.39, 0.29) is 15.7 Å². The normalized spacial score (nSPS) is 9.64. The summed E-state index contributed by atoms with van der Waals surface area (Å²) in [5, 5.41) is 10.3. The fourth-order valence-electron chi connectivity index (χ4n) is 0.563. The van der Waals surface area contributed by atoms with E-state index in [9.17, 15) is 9.90 Å². The van der Waals surface area contributed by atoms with Crippen LogP contribution in [0.5, 0.6) is 0 Å². The van der Waals surface area contributed by atoms with E-state index in [1.807, 2.05) is 0 Å².